The van der Waals surface area contributed by atoms with Crippen LogP contribution in [0.5, 0.6) is 0 Å². The monoisotopic (exact) mass is 220 g/mol. The van der Waals surface area contributed by atoms with E-state index < -0.39 is 0 Å². The van der Waals surface area contributed by atoms with E-state index in [2.05, 4.69) is 26.1 Å². The van der Waals surface area contributed by atoms with E-state index in [1.165, 1.54) is 12.1 Å². The number of rotatable bonds is 4. The lowest BCUT2D eigenvalue weighted by Gasteiger charge is -2.18. The molecule has 16 heavy (non-hydrogen) atoms. The van der Waals surface area contributed by atoms with Crippen molar-refractivity contribution in [3.8, 4) is 6.07 Å². The highest BCUT2D eigenvalue weighted by Gasteiger charge is 2.08. The van der Waals surface area contributed by atoms with Gasteiger partial charge in [-0.3, -0.25) is 0 Å². The molecule has 1 aromatic rings. The molecule has 0 fully saturated rings. The highest BCUT2D eigenvalue weighted by atomic mass is 19.1. The molecule has 1 unspecified atom stereocenters. The molecule has 1 rings (SSSR count). The molecule has 0 amide bonds. The Morgan fingerprint density at radius 1 is 1.38 bits per heavy atom. The Labute approximate surface area is 96.1 Å². The summed E-state index contributed by atoms with van der Waals surface area (Å²) in [5.41, 5.74) is 1.06. The quantitative estimate of drug-likeness (QED) is 0.842. The highest BCUT2D eigenvalue weighted by molar-refractivity contribution is 5.57. The summed E-state index contributed by atoms with van der Waals surface area (Å²) < 4.78 is 12.9. The Morgan fingerprint density at radius 2 is 2.06 bits per heavy atom. The zero-order valence-electron chi connectivity index (χ0n) is 9.92. The first kappa shape index (κ1) is 12.5. The Balaban J connectivity index is 2.77. The van der Waals surface area contributed by atoms with Gasteiger partial charge in [-0.1, -0.05) is 13.8 Å². The third-order valence-corrected chi connectivity index (χ3v) is 2.33. The molecule has 0 aromatic heterocycles. The zero-order chi connectivity index (χ0) is 12.1. The third-order valence-electron chi connectivity index (χ3n) is 2.33. The van der Waals surface area contributed by atoms with Crippen molar-refractivity contribution in [2.24, 2.45) is 5.92 Å². The number of benzene rings is 1. The standard InChI is InChI=1S/C13H17FN2/c1-9(2)6-10(3)16-13-5-4-12(14)7-11(13)8-15/h4-5,7,9-10,16H,6H2,1-3H3. The van der Waals surface area contributed by atoms with Crippen molar-refractivity contribution in [1.29, 1.82) is 5.26 Å². The fourth-order valence-corrected chi connectivity index (χ4v) is 1.77. The van der Waals surface area contributed by atoms with Gasteiger partial charge < -0.3 is 5.32 Å². The van der Waals surface area contributed by atoms with Gasteiger partial charge in [0.25, 0.3) is 0 Å². The molecule has 0 saturated carbocycles. The topological polar surface area (TPSA) is 35.8 Å². The van der Waals surface area contributed by atoms with E-state index in [1.807, 2.05) is 6.07 Å². The van der Waals surface area contributed by atoms with Crippen LogP contribution in [0.1, 0.15) is 32.8 Å². The van der Waals surface area contributed by atoms with Gasteiger partial charge in [0.2, 0.25) is 0 Å². The van der Waals surface area contributed by atoms with Crippen LogP contribution < -0.4 is 5.32 Å². The lowest BCUT2D eigenvalue weighted by molar-refractivity contribution is 0.539. The second-order valence-electron chi connectivity index (χ2n) is 4.48. The van der Waals surface area contributed by atoms with Gasteiger partial charge >= 0.3 is 0 Å². The summed E-state index contributed by atoms with van der Waals surface area (Å²) in [6, 6.07) is 6.50. The molecule has 86 valence electrons. The number of anilines is 1. The van der Waals surface area contributed by atoms with Gasteiger partial charge in [0.1, 0.15) is 11.9 Å². The SMILES string of the molecule is CC(C)CC(C)Nc1ccc(F)cc1C#N. The average molecular weight is 220 g/mol. The summed E-state index contributed by atoms with van der Waals surface area (Å²) in [4.78, 5) is 0. The zero-order valence-corrected chi connectivity index (χ0v) is 9.92. The van der Waals surface area contributed by atoms with Crippen LogP contribution >= 0.6 is 0 Å². The molecular formula is C13H17FN2. The number of hydrogen-bond acceptors (Lipinski definition) is 2. The minimum atomic E-state index is -0.376. The molecule has 0 aliphatic carbocycles. The van der Waals surface area contributed by atoms with Gasteiger partial charge in [-0.05, 0) is 37.5 Å². The third kappa shape index (κ3) is 3.54. The largest absolute Gasteiger partial charge is 0.382 e. The van der Waals surface area contributed by atoms with Gasteiger partial charge in [0, 0.05) is 6.04 Å². The summed E-state index contributed by atoms with van der Waals surface area (Å²) in [5.74, 6) is 0.215. The van der Waals surface area contributed by atoms with Crippen molar-refractivity contribution in [2.75, 3.05) is 5.32 Å². The molecule has 0 radical (unpaired) electrons. The van der Waals surface area contributed by atoms with Gasteiger partial charge in [-0.25, -0.2) is 4.39 Å². The predicted molar refractivity (Wildman–Crippen MR) is 63.7 cm³/mol. The number of nitriles is 1. The smallest absolute Gasteiger partial charge is 0.124 e. The van der Waals surface area contributed by atoms with E-state index in [-0.39, 0.29) is 11.9 Å². The molecule has 0 spiro atoms. The Bertz CT molecular complexity index is 393. The van der Waals surface area contributed by atoms with Crippen LogP contribution in [-0.4, -0.2) is 6.04 Å². The predicted octanol–water partition coefficient (Wildman–Crippen LogP) is 3.54. The summed E-state index contributed by atoms with van der Waals surface area (Å²) in [6.45, 7) is 6.35. The summed E-state index contributed by atoms with van der Waals surface area (Å²) in [6.07, 6.45) is 1.02. The Hall–Kier alpha value is -1.56. The summed E-state index contributed by atoms with van der Waals surface area (Å²) in [7, 11) is 0. The van der Waals surface area contributed by atoms with Crippen LogP contribution in [-0.2, 0) is 0 Å². The molecule has 0 aliphatic rings. The van der Waals surface area contributed by atoms with Crippen LogP contribution in [0.25, 0.3) is 0 Å². The molecule has 1 N–H and O–H groups in total. The van der Waals surface area contributed by atoms with Gasteiger partial charge in [-0.15, -0.1) is 0 Å². The van der Waals surface area contributed by atoms with Crippen molar-refractivity contribution < 1.29 is 4.39 Å². The van der Waals surface area contributed by atoms with E-state index in [4.69, 9.17) is 5.26 Å². The first-order valence-corrected chi connectivity index (χ1v) is 5.49. The fraction of sp³-hybridized carbons (Fsp3) is 0.462. The maximum Gasteiger partial charge on any atom is 0.124 e. The van der Waals surface area contributed by atoms with Crippen LogP contribution in [0, 0.1) is 23.1 Å². The molecule has 1 aromatic carbocycles. The maximum absolute atomic E-state index is 12.9. The molecule has 3 heteroatoms. The van der Waals surface area contributed by atoms with Gasteiger partial charge in [0.15, 0.2) is 0 Å². The normalized spacial score (nSPS) is 12.2. The molecule has 1 atom stereocenters. The Morgan fingerprint density at radius 3 is 2.62 bits per heavy atom. The number of hydrogen-bond donors (Lipinski definition) is 1. The molecular weight excluding hydrogens is 203 g/mol. The van der Waals surface area contributed by atoms with Crippen molar-refractivity contribution in [3.63, 3.8) is 0 Å². The molecule has 2 nitrogen and oxygen atoms in total. The molecule has 0 heterocycles. The second-order valence-corrected chi connectivity index (χ2v) is 4.48. The van der Waals surface area contributed by atoms with Crippen molar-refractivity contribution in [1.82, 2.24) is 0 Å². The minimum Gasteiger partial charge on any atom is -0.382 e. The van der Waals surface area contributed by atoms with Crippen molar-refractivity contribution in [3.05, 3.63) is 29.6 Å². The average Bonchev–Trinajstić information content (AvgIpc) is 2.19. The van der Waals surface area contributed by atoms with Crippen LogP contribution in [0.3, 0.4) is 0 Å². The maximum atomic E-state index is 12.9. The summed E-state index contributed by atoms with van der Waals surface area (Å²) >= 11 is 0. The Kier molecular flexibility index (Phi) is 4.30. The minimum absolute atomic E-state index is 0.276. The van der Waals surface area contributed by atoms with Gasteiger partial charge in [0.05, 0.1) is 11.3 Å². The lowest BCUT2D eigenvalue weighted by Crippen LogP contribution is -2.18. The van der Waals surface area contributed by atoms with E-state index in [0.717, 1.165) is 6.42 Å². The first-order chi connectivity index (χ1) is 7.52. The van der Waals surface area contributed by atoms with E-state index in [9.17, 15) is 4.39 Å². The number of halogens is 1. The van der Waals surface area contributed by atoms with Crippen LogP contribution in [0.2, 0.25) is 0 Å². The van der Waals surface area contributed by atoms with Gasteiger partial charge in [-0.2, -0.15) is 5.26 Å². The molecule has 0 bridgehead atoms. The first-order valence-electron chi connectivity index (χ1n) is 5.49. The van der Waals surface area contributed by atoms with E-state index in [1.54, 1.807) is 6.07 Å². The molecule has 0 aliphatic heterocycles. The summed E-state index contributed by atoms with van der Waals surface area (Å²) in [5, 5.41) is 12.1. The number of nitrogens with one attached hydrogen (secondary N) is 1. The van der Waals surface area contributed by atoms with E-state index in [0.29, 0.717) is 17.2 Å². The van der Waals surface area contributed by atoms with E-state index >= 15 is 0 Å². The second kappa shape index (κ2) is 5.50. The van der Waals surface area contributed by atoms with Crippen LogP contribution in [0.15, 0.2) is 18.2 Å². The molecule has 0 saturated heterocycles. The fourth-order valence-electron chi connectivity index (χ4n) is 1.77. The lowest BCUT2D eigenvalue weighted by atomic mass is 10.0. The highest BCUT2D eigenvalue weighted by Crippen LogP contribution is 2.18. The van der Waals surface area contributed by atoms with Crippen molar-refractivity contribution >= 4 is 5.69 Å². The van der Waals surface area contributed by atoms with Crippen molar-refractivity contribution in [2.45, 2.75) is 33.2 Å². The van der Waals surface area contributed by atoms with Crippen LogP contribution in [0.4, 0.5) is 10.1 Å². The number of nitrogens with zero attached hydrogens (tertiary/aromatic N) is 1.